The van der Waals surface area contributed by atoms with Crippen molar-refractivity contribution in [1.29, 1.82) is 0 Å². The largest absolute Gasteiger partial charge is 0.468 e. The summed E-state index contributed by atoms with van der Waals surface area (Å²) in [6.45, 7) is 1.51. The van der Waals surface area contributed by atoms with E-state index in [1.165, 1.54) is 91.0 Å². The molecule has 3 aromatic carbocycles. The average molecular weight is 743 g/mol. The van der Waals surface area contributed by atoms with E-state index in [2.05, 4.69) is 20.8 Å². The molecule has 0 aromatic heterocycles. The van der Waals surface area contributed by atoms with Gasteiger partial charge in [-0.3, -0.25) is 0 Å². The zero-order valence-corrected chi connectivity index (χ0v) is 27.2. The zero-order chi connectivity index (χ0) is 36.7. The highest BCUT2D eigenvalue weighted by atomic mass is 33.2. The molecule has 0 bridgehead atoms. The van der Waals surface area contributed by atoms with Gasteiger partial charge in [-0.2, -0.15) is 35.1 Å². The highest BCUT2D eigenvalue weighted by Crippen LogP contribution is 2.76. The highest BCUT2D eigenvalue weighted by molar-refractivity contribution is 8.90. The van der Waals surface area contributed by atoms with Crippen molar-refractivity contribution in [3.05, 3.63) is 103 Å². The number of benzene rings is 3. The summed E-state index contributed by atoms with van der Waals surface area (Å²) in [5.74, 6) is -16.6. The fourth-order valence-corrected chi connectivity index (χ4v) is 13.1. The Kier molecular flexibility index (Phi) is 12.3. The first-order valence-corrected chi connectivity index (χ1v) is 17.9. The van der Waals surface area contributed by atoms with Gasteiger partial charge in [0, 0.05) is 21.1 Å². The van der Waals surface area contributed by atoms with Gasteiger partial charge in [-0.05, 0) is 56.2 Å². The van der Waals surface area contributed by atoms with E-state index in [1.807, 2.05) is 0 Å². The minimum absolute atomic E-state index is 0.191. The minimum Gasteiger partial charge on any atom is -0.461 e. The van der Waals surface area contributed by atoms with Gasteiger partial charge in [-0.15, -0.1) is 0 Å². The van der Waals surface area contributed by atoms with Crippen LogP contribution in [0.1, 0.15) is 26.2 Å². The van der Waals surface area contributed by atoms with Gasteiger partial charge in [0.1, 0.15) is 0 Å². The second-order valence-corrected chi connectivity index (χ2v) is 16.9. The van der Waals surface area contributed by atoms with E-state index >= 15 is 17.6 Å². The molecule has 0 spiro atoms. The van der Waals surface area contributed by atoms with Gasteiger partial charge in [0.2, 0.25) is 5.83 Å². The van der Waals surface area contributed by atoms with Crippen LogP contribution in [0.2, 0.25) is 0 Å². The van der Waals surface area contributed by atoms with E-state index in [9.17, 15) is 35.6 Å². The molecule has 0 amide bonds. The molecule has 0 aliphatic heterocycles. The topological polar surface area (TPSA) is 96.0 Å². The summed E-state index contributed by atoms with van der Waals surface area (Å²) in [6, 6.07) is 20.1. The molecule has 0 aliphatic rings. The van der Waals surface area contributed by atoms with Crippen LogP contribution in [0, 0.1) is 0 Å². The molecule has 0 N–H and O–H groups in total. The highest BCUT2D eigenvalue weighted by Gasteiger charge is 2.71. The summed E-state index contributed by atoms with van der Waals surface area (Å²) in [5.41, 5.74) is 0. The fourth-order valence-electron chi connectivity index (χ4n) is 4.57. The quantitative estimate of drug-likeness (QED) is 0.0363. The lowest BCUT2D eigenvalue weighted by Gasteiger charge is -2.43. The van der Waals surface area contributed by atoms with Gasteiger partial charge in [0.15, 0.2) is 0 Å². The smallest absolute Gasteiger partial charge is 0.461 e. The van der Waals surface area contributed by atoms with Crippen molar-refractivity contribution < 1.29 is 67.3 Å². The van der Waals surface area contributed by atoms with E-state index < -0.39 is 91.3 Å². The summed E-state index contributed by atoms with van der Waals surface area (Å²) in [4.78, 5) is 23.2. The third-order valence-corrected chi connectivity index (χ3v) is 15.6. The number of carbonyl (C=O) groups excluding carboxylic acids is 2. The summed E-state index contributed by atoms with van der Waals surface area (Å²) in [7, 11) is -10.4. The number of ether oxygens (including phenoxy) is 3. The Bertz CT molecular complexity index is 1610. The molecule has 17 heteroatoms. The molecule has 1 atom stereocenters. The molecule has 0 aliphatic carbocycles. The molecule has 1 unspecified atom stereocenters. The average Bonchev–Trinajstić information content (AvgIpc) is 3.05. The molecule has 0 heterocycles. The van der Waals surface area contributed by atoms with Crippen LogP contribution < -0.4 is 0 Å². The number of carbonyl (C=O) groups is 2. The summed E-state index contributed by atoms with van der Waals surface area (Å²) in [6.07, 6.45) is -9.78. The number of hydrogen-bond acceptors (Lipinski definition) is 7. The van der Waals surface area contributed by atoms with Gasteiger partial charge in [0.05, 0.1) is 13.2 Å². The summed E-state index contributed by atoms with van der Waals surface area (Å²) in [5, 5.41) is -5.75. The predicted octanol–water partition coefficient (Wildman–Crippen LogP) is 8.56. The van der Waals surface area contributed by atoms with Crippen LogP contribution in [0.3, 0.4) is 0 Å². The summed E-state index contributed by atoms with van der Waals surface area (Å²) < 4.78 is 160. The van der Waals surface area contributed by atoms with Crippen LogP contribution in [0.15, 0.2) is 118 Å². The normalized spacial score (nSPS) is 14.4. The Morgan fingerprint density at radius 1 is 0.735 bits per heavy atom. The van der Waals surface area contributed by atoms with E-state index in [4.69, 9.17) is 0 Å². The van der Waals surface area contributed by atoms with Gasteiger partial charge in [-0.1, -0.05) is 70.2 Å². The molecule has 3 rings (SSSR count). The van der Waals surface area contributed by atoms with Crippen LogP contribution in [-0.2, 0) is 32.7 Å². The van der Waals surface area contributed by atoms with Crippen LogP contribution >= 0.6 is 9.06 Å². The molecule has 0 saturated carbocycles. The number of hydrogen-bond donors (Lipinski definition) is 0. The predicted molar refractivity (Wildman–Crippen MR) is 162 cm³/mol. The lowest BCUT2D eigenvalue weighted by atomic mass is 10.1. The maximum Gasteiger partial charge on any atom is 0.468 e. The number of unbranched alkanes of at least 4 members (excludes halogenated alkanes) is 1. The Morgan fingerprint density at radius 3 is 1.53 bits per heavy atom. The van der Waals surface area contributed by atoms with Crippen LogP contribution in [0.25, 0.3) is 0 Å². The first kappa shape index (κ1) is 39.5. The van der Waals surface area contributed by atoms with Gasteiger partial charge < -0.3 is 14.2 Å². The SMILES string of the molecule is C=C(F)C(=O)OC(OCCCCC(F)(F)C(F)(F)S(=O)(=O)S(c1ccccc1)(c1ccccc1)c1ccccc1)(C(=O)OCC)C(F)(F)F. The molecule has 268 valence electrons. The second kappa shape index (κ2) is 15.3. The van der Waals surface area contributed by atoms with Crippen molar-refractivity contribution >= 4 is 29.9 Å². The third-order valence-electron chi connectivity index (χ3n) is 6.86. The second-order valence-electron chi connectivity index (χ2n) is 10.1. The van der Waals surface area contributed by atoms with Crippen molar-refractivity contribution in [2.45, 2.75) is 64.0 Å². The van der Waals surface area contributed by atoms with Gasteiger partial charge in [0.25, 0.3) is 8.87 Å². The molecule has 0 fully saturated rings. The van der Waals surface area contributed by atoms with Gasteiger partial charge in [-0.25, -0.2) is 18.0 Å². The van der Waals surface area contributed by atoms with E-state index in [-0.39, 0.29) is 14.7 Å². The summed E-state index contributed by atoms with van der Waals surface area (Å²) >= 11 is 0. The standard InChI is InChI=1S/C32H30F8O7S2/c1-3-45-28(42)30(31(36,37)38,47-27(41)23(2)33)46-22-14-13-21-29(34,35)32(39,40)49(43,44)48(24-15-7-4-8-16-24,25-17-9-5-10-18-25)26-19-11-6-12-20-26/h4-12,15-20H,2-3,13-14,21-22H2,1H3. The first-order valence-electron chi connectivity index (χ1n) is 14.3. The van der Waals surface area contributed by atoms with Gasteiger partial charge >= 0.3 is 35.1 Å². The Hall–Kier alpha value is -3.96. The van der Waals surface area contributed by atoms with E-state index in [0.717, 1.165) is 6.92 Å². The van der Waals surface area contributed by atoms with Crippen LogP contribution in [0.4, 0.5) is 35.1 Å². The van der Waals surface area contributed by atoms with Crippen molar-refractivity contribution in [2.24, 2.45) is 0 Å². The molecule has 0 saturated heterocycles. The molecule has 7 nitrogen and oxygen atoms in total. The van der Waals surface area contributed by atoms with Crippen molar-refractivity contribution in [3.63, 3.8) is 0 Å². The molecular weight excluding hydrogens is 712 g/mol. The fraction of sp³-hybridized carbons (Fsp3) is 0.312. The Balaban J connectivity index is 1.98. The van der Waals surface area contributed by atoms with Crippen LogP contribution in [0.5, 0.6) is 0 Å². The Labute approximate surface area is 277 Å². The maximum atomic E-state index is 16.1. The third kappa shape index (κ3) is 7.48. The van der Waals surface area contributed by atoms with Crippen LogP contribution in [-0.4, -0.2) is 56.7 Å². The van der Waals surface area contributed by atoms with Crippen molar-refractivity contribution in [2.75, 3.05) is 13.2 Å². The molecule has 49 heavy (non-hydrogen) atoms. The molecular formula is C32H30F8O7S2. The number of rotatable bonds is 16. The Morgan fingerprint density at radius 2 is 1.16 bits per heavy atom. The lowest BCUT2D eigenvalue weighted by Crippen LogP contribution is -2.58. The molecule has 3 aromatic rings. The monoisotopic (exact) mass is 742 g/mol. The van der Waals surface area contributed by atoms with Crippen molar-refractivity contribution in [3.8, 4) is 0 Å². The minimum atomic E-state index is -6.25. The van der Waals surface area contributed by atoms with E-state index in [0.29, 0.717) is 0 Å². The number of esters is 2. The maximum absolute atomic E-state index is 16.1. The number of halogens is 8. The molecule has 0 radical (unpaired) electrons. The zero-order valence-electron chi connectivity index (χ0n) is 25.6. The lowest BCUT2D eigenvalue weighted by molar-refractivity contribution is -0.355. The first-order chi connectivity index (χ1) is 22.8. The number of alkyl halides is 7. The van der Waals surface area contributed by atoms with E-state index in [1.54, 1.807) is 0 Å². The van der Waals surface area contributed by atoms with Crippen molar-refractivity contribution in [1.82, 2.24) is 0 Å².